The SMILES string of the molecule is COC(=O)Cc1cc(Cl)c(Br)cc1[N+](=O)[O-]. The highest BCUT2D eigenvalue weighted by atomic mass is 79.9. The summed E-state index contributed by atoms with van der Waals surface area (Å²) in [6.07, 6.45) is -0.181. The summed E-state index contributed by atoms with van der Waals surface area (Å²) in [5, 5.41) is 11.1. The highest BCUT2D eigenvalue weighted by Gasteiger charge is 2.19. The molecular formula is C9H7BrClNO4. The number of benzene rings is 1. The smallest absolute Gasteiger partial charge is 0.310 e. The topological polar surface area (TPSA) is 69.4 Å². The summed E-state index contributed by atoms with van der Waals surface area (Å²) in [5.74, 6) is -0.554. The van der Waals surface area contributed by atoms with Crippen molar-refractivity contribution in [3.05, 3.63) is 37.3 Å². The number of nitro benzene ring substituents is 1. The summed E-state index contributed by atoms with van der Waals surface area (Å²) in [6.45, 7) is 0. The number of rotatable bonds is 3. The van der Waals surface area contributed by atoms with Crippen molar-refractivity contribution >= 4 is 39.2 Å². The van der Waals surface area contributed by atoms with Crippen molar-refractivity contribution in [2.45, 2.75) is 6.42 Å². The standard InChI is InChI=1S/C9H7BrClNO4/c1-16-9(13)3-5-2-7(11)6(10)4-8(5)12(14)15/h2,4H,3H2,1H3. The van der Waals surface area contributed by atoms with Crippen molar-refractivity contribution in [1.29, 1.82) is 0 Å². The lowest BCUT2D eigenvalue weighted by Gasteiger charge is -2.04. The molecule has 0 aromatic heterocycles. The average molecular weight is 309 g/mol. The normalized spacial score (nSPS) is 9.94. The molecule has 0 amide bonds. The van der Waals surface area contributed by atoms with E-state index in [1.165, 1.54) is 19.2 Å². The number of nitrogens with zero attached hydrogens (tertiary/aromatic N) is 1. The Morgan fingerprint density at radius 3 is 2.75 bits per heavy atom. The maximum atomic E-state index is 11.1. The number of nitro groups is 1. The first-order chi connectivity index (χ1) is 7.45. The average Bonchev–Trinajstić information content (AvgIpc) is 2.22. The molecule has 16 heavy (non-hydrogen) atoms. The largest absolute Gasteiger partial charge is 0.469 e. The van der Waals surface area contributed by atoms with Crippen LogP contribution in [-0.4, -0.2) is 18.0 Å². The van der Waals surface area contributed by atoms with Gasteiger partial charge in [0.15, 0.2) is 0 Å². The van der Waals surface area contributed by atoms with Crippen molar-refractivity contribution in [3.63, 3.8) is 0 Å². The van der Waals surface area contributed by atoms with Crippen LogP contribution in [0.3, 0.4) is 0 Å². The molecule has 86 valence electrons. The molecule has 0 aliphatic rings. The van der Waals surface area contributed by atoms with Gasteiger partial charge in [-0.2, -0.15) is 0 Å². The Bertz CT molecular complexity index is 449. The minimum absolute atomic E-state index is 0.165. The number of ether oxygens (including phenoxy) is 1. The monoisotopic (exact) mass is 307 g/mol. The van der Waals surface area contributed by atoms with Crippen molar-refractivity contribution in [2.24, 2.45) is 0 Å². The van der Waals surface area contributed by atoms with E-state index in [0.29, 0.717) is 9.50 Å². The molecule has 0 atom stereocenters. The fourth-order valence-electron chi connectivity index (χ4n) is 1.12. The Hall–Kier alpha value is -1.14. The van der Waals surface area contributed by atoms with Crippen LogP contribution in [0, 0.1) is 10.1 Å². The molecule has 0 radical (unpaired) electrons. The summed E-state index contributed by atoms with van der Waals surface area (Å²) in [5.41, 5.74) is 0.0618. The van der Waals surface area contributed by atoms with Gasteiger partial charge in [0.1, 0.15) is 0 Å². The molecule has 0 aliphatic heterocycles. The van der Waals surface area contributed by atoms with Gasteiger partial charge in [0.05, 0.1) is 23.5 Å². The predicted molar refractivity (Wildman–Crippen MR) is 61.5 cm³/mol. The molecule has 1 rings (SSSR count). The Morgan fingerprint density at radius 1 is 1.62 bits per heavy atom. The lowest BCUT2D eigenvalue weighted by atomic mass is 10.1. The lowest BCUT2D eigenvalue weighted by molar-refractivity contribution is -0.385. The Balaban J connectivity index is 3.19. The molecule has 0 unspecified atom stereocenters. The van der Waals surface area contributed by atoms with Crippen LogP contribution in [0.15, 0.2) is 16.6 Å². The van der Waals surface area contributed by atoms with E-state index in [9.17, 15) is 14.9 Å². The van der Waals surface area contributed by atoms with E-state index in [2.05, 4.69) is 20.7 Å². The van der Waals surface area contributed by atoms with Gasteiger partial charge in [-0.25, -0.2) is 0 Å². The van der Waals surface area contributed by atoms with Crippen molar-refractivity contribution in [2.75, 3.05) is 7.11 Å². The molecule has 0 spiro atoms. The summed E-state index contributed by atoms with van der Waals surface area (Å²) in [4.78, 5) is 21.2. The van der Waals surface area contributed by atoms with Crippen molar-refractivity contribution in [3.8, 4) is 0 Å². The molecule has 0 bridgehead atoms. The fourth-order valence-corrected chi connectivity index (χ4v) is 1.63. The summed E-state index contributed by atoms with van der Waals surface area (Å²) in [6, 6.07) is 2.64. The zero-order valence-electron chi connectivity index (χ0n) is 8.20. The van der Waals surface area contributed by atoms with Gasteiger partial charge in [-0.1, -0.05) is 11.6 Å². The lowest BCUT2D eigenvalue weighted by Crippen LogP contribution is -2.07. The second-order valence-corrected chi connectivity index (χ2v) is 4.17. The van der Waals surface area contributed by atoms with Gasteiger partial charge in [-0.15, -0.1) is 0 Å². The third-order valence-corrected chi connectivity index (χ3v) is 3.08. The number of carbonyl (C=O) groups excluding carboxylic acids is 1. The van der Waals surface area contributed by atoms with Gasteiger partial charge in [0.2, 0.25) is 0 Å². The number of carbonyl (C=O) groups is 1. The zero-order valence-corrected chi connectivity index (χ0v) is 10.5. The van der Waals surface area contributed by atoms with Crippen LogP contribution in [0.4, 0.5) is 5.69 Å². The minimum Gasteiger partial charge on any atom is -0.469 e. The van der Waals surface area contributed by atoms with Gasteiger partial charge in [0, 0.05) is 16.1 Å². The molecule has 0 N–H and O–H groups in total. The number of esters is 1. The third-order valence-electron chi connectivity index (χ3n) is 1.88. The first-order valence-corrected chi connectivity index (χ1v) is 5.32. The van der Waals surface area contributed by atoms with E-state index in [0.717, 1.165) is 0 Å². The quantitative estimate of drug-likeness (QED) is 0.489. The van der Waals surface area contributed by atoms with Crippen molar-refractivity contribution < 1.29 is 14.5 Å². The maximum Gasteiger partial charge on any atom is 0.310 e. The van der Waals surface area contributed by atoms with E-state index in [-0.39, 0.29) is 17.7 Å². The van der Waals surface area contributed by atoms with Crippen LogP contribution in [0.1, 0.15) is 5.56 Å². The zero-order chi connectivity index (χ0) is 12.3. The van der Waals surface area contributed by atoms with Gasteiger partial charge in [-0.05, 0) is 22.0 Å². The summed E-state index contributed by atoms with van der Waals surface area (Å²) < 4.78 is 4.85. The molecule has 1 aromatic carbocycles. The first-order valence-electron chi connectivity index (χ1n) is 4.15. The second-order valence-electron chi connectivity index (χ2n) is 2.91. The van der Waals surface area contributed by atoms with Gasteiger partial charge < -0.3 is 4.74 Å². The van der Waals surface area contributed by atoms with E-state index in [4.69, 9.17) is 11.6 Å². The highest BCUT2D eigenvalue weighted by molar-refractivity contribution is 9.10. The first kappa shape index (κ1) is 12.9. The van der Waals surface area contributed by atoms with Crippen LogP contribution in [-0.2, 0) is 16.0 Å². The fraction of sp³-hybridized carbons (Fsp3) is 0.222. The van der Waals surface area contributed by atoms with Crippen LogP contribution >= 0.6 is 27.5 Å². The van der Waals surface area contributed by atoms with E-state index in [1.54, 1.807) is 0 Å². The predicted octanol–water partition coefficient (Wildman–Crippen LogP) is 2.73. The minimum atomic E-state index is -0.570. The molecule has 0 fully saturated rings. The summed E-state index contributed by atoms with van der Waals surface area (Å²) >= 11 is 8.87. The number of hydrogen-bond acceptors (Lipinski definition) is 4. The van der Waals surface area contributed by atoms with Crippen LogP contribution < -0.4 is 0 Å². The third kappa shape index (κ3) is 2.93. The second kappa shape index (κ2) is 5.27. The molecule has 7 heteroatoms. The highest BCUT2D eigenvalue weighted by Crippen LogP contribution is 2.31. The van der Waals surface area contributed by atoms with Gasteiger partial charge in [0.25, 0.3) is 5.69 Å². The molecular weight excluding hydrogens is 301 g/mol. The Morgan fingerprint density at radius 2 is 2.25 bits per heavy atom. The van der Waals surface area contributed by atoms with Gasteiger partial charge in [-0.3, -0.25) is 14.9 Å². The molecule has 0 heterocycles. The molecule has 1 aromatic rings. The van der Waals surface area contributed by atoms with Crippen LogP contribution in [0.25, 0.3) is 0 Å². The van der Waals surface area contributed by atoms with Crippen LogP contribution in [0.2, 0.25) is 5.02 Å². The molecule has 0 saturated carbocycles. The van der Waals surface area contributed by atoms with E-state index >= 15 is 0 Å². The molecule has 0 saturated heterocycles. The maximum absolute atomic E-state index is 11.1. The van der Waals surface area contributed by atoms with Crippen LogP contribution in [0.5, 0.6) is 0 Å². The van der Waals surface area contributed by atoms with Gasteiger partial charge >= 0.3 is 5.97 Å². The number of hydrogen-bond donors (Lipinski definition) is 0. The molecule has 0 aliphatic carbocycles. The number of halogens is 2. The van der Waals surface area contributed by atoms with Crippen molar-refractivity contribution in [1.82, 2.24) is 0 Å². The summed E-state index contributed by atoms with van der Waals surface area (Å²) in [7, 11) is 1.22. The van der Waals surface area contributed by atoms with E-state index in [1.807, 2.05) is 0 Å². The van der Waals surface area contributed by atoms with E-state index < -0.39 is 10.9 Å². The Kier molecular flexibility index (Phi) is 4.26. The molecule has 5 nitrogen and oxygen atoms in total. The Labute approximate surface area is 105 Å². The number of methoxy groups -OCH3 is 1.